The molecule has 0 heterocycles. The zero-order valence-electron chi connectivity index (χ0n) is 10.0. The molecule has 17 heavy (non-hydrogen) atoms. The second-order valence-corrected chi connectivity index (χ2v) is 4.64. The molecule has 2 nitrogen and oxygen atoms in total. The summed E-state index contributed by atoms with van der Waals surface area (Å²) in [6, 6.07) is 5.18. The highest BCUT2D eigenvalue weighted by Crippen LogP contribution is 2.28. The molecule has 1 atom stereocenters. The lowest BCUT2D eigenvalue weighted by atomic mass is 9.84. The van der Waals surface area contributed by atoms with E-state index in [4.69, 9.17) is 4.74 Å². The first-order valence-electron chi connectivity index (χ1n) is 6.03. The number of carbonyl (C=O) groups is 1. The Morgan fingerprint density at radius 1 is 1.47 bits per heavy atom. The van der Waals surface area contributed by atoms with Crippen molar-refractivity contribution in [3.05, 3.63) is 29.6 Å². The summed E-state index contributed by atoms with van der Waals surface area (Å²) >= 11 is 0. The van der Waals surface area contributed by atoms with Crippen LogP contribution in [-0.2, 0) is 11.2 Å². The fourth-order valence-corrected chi connectivity index (χ4v) is 2.47. The van der Waals surface area contributed by atoms with Gasteiger partial charge in [-0.2, -0.15) is 0 Å². The van der Waals surface area contributed by atoms with Gasteiger partial charge in [0.05, 0.1) is 7.11 Å². The van der Waals surface area contributed by atoms with E-state index in [1.165, 1.54) is 7.11 Å². The average Bonchev–Trinajstić information content (AvgIpc) is 2.32. The zero-order chi connectivity index (χ0) is 12.3. The number of hydrogen-bond acceptors (Lipinski definition) is 2. The number of benzene rings is 1. The van der Waals surface area contributed by atoms with Gasteiger partial charge in [-0.3, -0.25) is 4.79 Å². The molecule has 1 aromatic carbocycles. The van der Waals surface area contributed by atoms with E-state index in [0.717, 1.165) is 12.8 Å². The summed E-state index contributed by atoms with van der Waals surface area (Å²) < 4.78 is 18.9. The van der Waals surface area contributed by atoms with E-state index in [1.807, 2.05) is 0 Å². The van der Waals surface area contributed by atoms with Crippen molar-refractivity contribution in [3.8, 4) is 5.75 Å². The van der Waals surface area contributed by atoms with E-state index in [-0.39, 0.29) is 17.5 Å². The van der Waals surface area contributed by atoms with Gasteiger partial charge in [-0.15, -0.1) is 0 Å². The molecule has 0 spiro atoms. The summed E-state index contributed by atoms with van der Waals surface area (Å²) in [6.45, 7) is 0. The van der Waals surface area contributed by atoms with E-state index >= 15 is 0 Å². The average molecular weight is 236 g/mol. The van der Waals surface area contributed by atoms with Crippen LogP contribution in [0.3, 0.4) is 0 Å². The van der Waals surface area contributed by atoms with Gasteiger partial charge in [0.15, 0.2) is 11.6 Å². The summed E-state index contributed by atoms with van der Waals surface area (Å²) in [4.78, 5) is 11.4. The fraction of sp³-hybridized carbons (Fsp3) is 0.500. The highest BCUT2D eigenvalue weighted by Gasteiger charge is 2.21. The smallest absolute Gasteiger partial charge is 0.168 e. The summed E-state index contributed by atoms with van der Waals surface area (Å²) in [5.41, 5.74) is 0.657. The fourth-order valence-electron chi connectivity index (χ4n) is 2.47. The summed E-state index contributed by atoms with van der Waals surface area (Å²) in [5, 5.41) is 0. The van der Waals surface area contributed by atoms with E-state index in [9.17, 15) is 9.18 Å². The van der Waals surface area contributed by atoms with E-state index < -0.39 is 0 Å². The van der Waals surface area contributed by atoms with Gasteiger partial charge in [0, 0.05) is 12.8 Å². The Bertz CT molecular complexity index is 415. The van der Waals surface area contributed by atoms with Crippen LogP contribution in [-0.4, -0.2) is 12.9 Å². The predicted octanol–water partition coefficient (Wildman–Crippen LogP) is 3.14. The molecule has 1 aromatic rings. The molecule has 0 N–H and O–H groups in total. The van der Waals surface area contributed by atoms with Crippen molar-refractivity contribution in [3.63, 3.8) is 0 Å². The van der Waals surface area contributed by atoms with Crippen molar-refractivity contribution in [2.45, 2.75) is 32.1 Å². The Kier molecular flexibility index (Phi) is 3.77. The molecule has 1 aliphatic rings. The van der Waals surface area contributed by atoms with Gasteiger partial charge in [-0.05, 0) is 36.8 Å². The van der Waals surface area contributed by atoms with Gasteiger partial charge < -0.3 is 4.74 Å². The van der Waals surface area contributed by atoms with E-state index in [0.29, 0.717) is 30.6 Å². The zero-order valence-corrected chi connectivity index (χ0v) is 10.0. The Hall–Kier alpha value is -1.38. The topological polar surface area (TPSA) is 26.3 Å². The van der Waals surface area contributed by atoms with Crippen molar-refractivity contribution < 1.29 is 13.9 Å². The molecule has 0 saturated heterocycles. The van der Waals surface area contributed by atoms with Gasteiger partial charge in [0.2, 0.25) is 0 Å². The monoisotopic (exact) mass is 236 g/mol. The third kappa shape index (κ3) is 2.84. The number of hydrogen-bond donors (Lipinski definition) is 0. The van der Waals surface area contributed by atoms with Gasteiger partial charge in [-0.1, -0.05) is 12.1 Å². The highest BCUT2D eigenvalue weighted by molar-refractivity contribution is 5.79. The highest BCUT2D eigenvalue weighted by atomic mass is 19.1. The molecule has 0 amide bonds. The molecule has 1 fully saturated rings. The number of methoxy groups -OCH3 is 1. The first kappa shape index (κ1) is 12.1. The maximum Gasteiger partial charge on any atom is 0.168 e. The number of rotatable bonds is 3. The number of Topliss-reactive ketones (excluding diaryl/α,β-unsaturated/α-hetero) is 1. The maximum absolute atomic E-state index is 13.9. The largest absolute Gasteiger partial charge is 0.494 e. The molecule has 92 valence electrons. The quantitative estimate of drug-likeness (QED) is 0.806. The summed E-state index contributed by atoms with van der Waals surface area (Å²) in [6.07, 6.45) is 3.87. The molecule has 0 bridgehead atoms. The number of ketones is 1. The SMILES string of the molecule is COc1cccc(CC2CCCC(=O)C2)c1F. The minimum atomic E-state index is -0.284. The first-order chi connectivity index (χ1) is 8.20. The molecular formula is C14H17FO2. The van der Waals surface area contributed by atoms with Crippen LogP contribution in [0.5, 0.6) is 5.75 Å². The van der Waals surface area contributed by atoms with Crippen LogP contribution in [0.25, 0.3) is 0 Å². The lowest BCUT2D eigenvalue weighted by molar-refractivity contribution is -0.121. The normalized spacial score (nSPS) is 20.4. The van der Waals surface area contributed by atoms with Gasteiger partial charge in [0.25, 0.3) is 0 Å². The Morgan fingerprint density at radius 3 is 3.00 bits per heavy atom. The Labute approximate surface area is 101 Å². The van der Waals surface area contributed by atoms with Crippen LogP contribution >= 0.6 is 0 Å². The molecule has 0 aromatic heterocycles. The van der Waals surface area contributed by atoms with Gasteiger partial charge in [0.1, 0.15) is 5.78 Å². The minimum absolute atomic E-state index is 0.282. The van der Waals surface area contributed by atoms with Crippen LogP contribution in [0, 0.1) is 11.7 Å². The number of ether oxygens (including phenoxy) is 1. The third-order valence-corrected chi connectivity index (χ3v) is 3.36. The molecule has 1 aliphatic carbocycles. The van der Waals surface area contributed by atoms with Crippen molar-refractivity contribution >= 4 is 5.78 Å². The van der Waals surface area contributed by atoms with Crippen LogP contribution in [0.2, 0.25) is 0 Å². The van der Waals surface area contributed by atoms with E-state index in [2.05, 4.69) is 0 Å². The second-order valence-electron chi connectivity index (χ2n) is 4.64. The first-order valence-corrected chi connectivity index (χ1v) is 6.03. The van der Waals surface area contributed by atoms with Crippen molar-refractivity contribution in [2.75, 3.05) is 7.11 Å². The second kappa shape index (κ2) is 5.30. The van der Waals surface area contributed by atoms with Crippen molar-refractivity contribution in [2.24, 2.45) is 5.92 Å². The van der Waals surface area contributed by atoms with Gasteiger partial charge >= 0.3 is 0 Å². The molecule has 2 rings (SSSR count). The summed E-state index contributed by atoms with van der Waals surface area (Å²) in [7, 11) is 1.46. The Morgan fingerprint density at radius 2 is 2.29 bits per heavy atom. The minimum Gasteiger partial charge on any atom is -0.494 e. The van der Waals surface area contributed by atoms with Crippen LogP contribution < -0.4 is 4.74 Å². The molecule has 0 aliphatic heterocycles. The van der Waals surface area contributed by atoms with Gasteiger partial charge in [-0.25, -0.2) is 4.39 Å². The summed E-state index contributed by atoms with van der Waals surface area (Å²) in [5.74, 6) is 0.597. The molecule has 3 heteroatoms. The molecule has 0 radical (unpaired) electrons. The predicted molar refractivity (Wildman–Crippen MR) is 63.6 cm³/mol. The standard InChI is InChI=1S/C14H17FO2/c1-17-13-7-3-5-11(14(13)15)8-10-4-2-6-12(16)9-10/h3,5,7,10H,2,4,6,8-9H2,1H3. The molecule has 1 unspecified atom stereocenters. The maximum atomic E-state index is 13.9. The molecular weight excluding hydrogens is 219 g/mol. The third-order valence-electron chi connectivity index (χ3n) is 3.36. The van der Waals surface area contributed by atoms with Crippen LogP contribution in [0.1, 0.15) is 31.2 Å². The van der Waals surface area contributed by atoms with Crippen molar-refractivity contribution in [1.29, 1.82) is 0 Å². The number of halogens is 1. The van der Waals surface area contributed by atoms with Crippen LogP contribution in [0.15, 0.2) is 18.2 Å². The lowest BCUT2D eigenvalue weighted by Crippen LogP contribution is -2.17. The lowest BCUT2D eigenvalue weighted by Gasteiger charge is -2.21. The molecule has 1 saturated carbocycles. The van der Waals surface area contributed by atoms with Crippen LogP contribution in [0.4, 0.5) is 4.39 Å². The number of carbonyl (C=O) groups excluding carboxylic acids is 1. The Balaban J connectivity index is 2.10. The van der Waals surface area contributed by atoms with E-state index in [1.54, 1.807) is 18.2 Å². The van der Waals surface area contributed by atoms with Crippen molar-refractivity contribution in [1.82, 2.24) is 0 Å².